The standard InChI is InChI=1S/C12H21N5.HI/c1-8-11(9(2)17(3)16-8)6-7-14-12(13)15-10-4-5-10;/h10H,4-7H2,1-3H3,(H3,13,14,15);1H. The number of aryl methyl sites for hydroxylation is 2. The number of guanidine groups is 1. The molecule has 1 heterocycles. The maximum atomic E-state index is 5.78. The van der Waals surface area contributed by atoms with Gasteiger partial charge >= 0.3 is 0 Å². The first kappa shape index (κ1) is 15.3. The maximum absolute atomic E-state index is 5.78. The molecule has 1 fully saturated rings. The third-order valence-electron chi connectivity index (χ3n) is 3.23. The van der Waals surface area contributed by atoms with Crippen LogP contribution in [-0.2, 0) is 13.5 Å². The van der Waals surface area contributed by atoms with E-state index in [1.807, 2.05) is 18.7 Å². The van der Waals surface area contributed by atoms with Gasteiger partial charge in [-0.25, -0.2) is 0 Å². The fraction of sp³-hybridized carbons (Fsp3) is 0.667. The summed E-state index contributed by atoms with van der Waals surface area (Å²) in [6, 6.07) is 0.570. The van der Waals surface area contributed by atoms with Crippen molar-refractivity contribution in [1.82, 2.24) is 15.1 Å². The first-order valence-electron chi connectivity index (χ1n) is 6.13. The van der Waals surface area contributed by atoms with Gasteiger partial charge in [-0.05, 0) is 38.7 Å². The van der Waals surface area contributed by atoms with Crippen LogP contribution in [0.1, 0.15) is 29.8 Å². The fourth-order valence-electron chi connectivity index (χ4n) is 1.95. The number of aliphatic imine (C=N–C) groups is 1. The van der Waals surface area contributed by atoms with Gasteiger partial charge in [0.05, 0.1) is 5.69 Å². The predicted molar refractivity (Wildman–Crippen MR) is 84.4 cm³/mol. The van der Waals surface area contributed by atoms with E-state index in [2.05, 4.69) is 22.3 Å². The van der Waals surface area contributed by atoms with Crippen molar-refractivity contribution in [3.63, 3.8) is 0 Å². The molecule has 0 atom stereocenters. The average molecular weight is 363 g/mol. The lowest BCUT2D eigenvalue weighted by Crippen LogP contribution is -2.33. The van der Waals surface area contributed by atoms with E-state index in [0.717, 1.165) is 18.7 Å². The number of rotatable bonds is 4. The van der Waals surface area contributed by atoms with Crippen molar-refractivity contribution < 1.29 is 0 Å². The molecule has 1 aromatic rings. The monoisotopic (exact) mass is 363 g/mol. The number of hydrogen-bond donors (Lipinski definition) is 2. The molecule has 18 heavy (non-hydrogen) atoms. The van der Waals surface area contributed by atoms with E-state index in [-0.39, 0.29) is 24.0 Å². The third-order valence-corrected chi connectivity index (χ3v) is 3.23. The minimum absolute atomic E-state index is 0. The molecule has 1 aliphatic carbocycles. The molecule has 1 saturated carbocycles. The first-order chi connectivity index (χ1) is 8.08. The molecular formula is C12H22IN5. The van der Waals surface area contributed by atoms with Crippen LogP contribution in [0.2, 0.25) is 0 Å². The van der Waals surface area contributed by atoms with E-state index in [1.165, 1.54) is 24.1 Å². The van der Waals surface area contributed by atoms with Crippen LogP contribution >= 0.6 is 24.0 Å². The smallest absolute Gasteiger partial charge is 0.188 e. The Morgan fingerprint density at radius 1 is 1.50 bits per heavy atom. The number of nitrogens with two attached hydrogens (primary N) is 1. The number of aromatic nitrogens is 2. The van der Waals surface area contributed by atoms with Gasteiger partial charge in [-0.3, -0.25) is 9.67 Å². The Kier molecular flexibility index (Phi) is 5.43. The Balaban J connectivity index is 0.00000162. The summed E-state index contributed by atoms with van der Waals surface area (Å²) >= 11 is 0. The summed E-state index contributed by atoms with van der Waals surface area (Å²) in [6.45, 7) is 4.85. The number of hydrogen-bond acceptors (Lipinski definition) is 2. The highest BCUT2D eigenvalue weighted by Gasteiger charge is 2.21. The van der Waals surface area contributed by atoms with E-state index in [0.29, 0.717) is 12.0 Å². The zero-order valence-electron chi connectivity index (χ0n) is 11.2. The van der Waals surface area contributed by atoms with Gasteiger partial charge in [0.2, 0.25) is 0 Å². The molecule has 0 unspecified atom stereocenters. The van der Waals surface area contributed by atoms with Crippen molar-refractivity contribution in [2.45, 2.75) is 39.2 Å². The van der Waals surface area contributed by atoms with Crippen molar-refractivity contribution in [2.24, 2.45) is 17.8 Å². The molecule has 2 rings (SSSR count). The zero-order valence-corrected chi connectivity index (χ0v) is 13.6. The Morgan fingerprint density at radius 2 is 2.17 bits per heavy atom. The van der Waals surface area contributed by atoms with Gasteiger partial charge in [0.15, 0.2) is 5.96 Å². The normalized spacial score (nSPS) is 15.4. The highest BCUT2D eigenvalue weighted by atomic mass is 127. The lowest BCUT2D eigenvalue weighted by Gasteiger charge is -2.03. The summed E-state index contributed by atoms with van der Waals surface area (Å²) in [5.74, 6) is 0.576. The fourth-order valence-corrected chi connectivity index (χ4v) is 1.95. The summed E-state index contributed by atoms with van der Waals surface area (Å²) in [4.78, 5) is 4.34. The molecule has 0 saturated heterocycles. The van der Waals surface area contributed by atoms with E-state index in [1.54, 1.807) is 0 Å². The van der Waals surface area contributed by atoms with Gasteiger partial charge in [-0.15, -0.1) is 24.0 Å². The Hall–Kier alpha value is -0.790. The van der Waals surface area contributed by atoms with Crippen LogP contribution in [0.15, 0.2) is 4.99 Å². The van der Waals surface area contributed by atoms with Crippen LogP contribution in [0.5, 0.6) is 0 Å². The molecule has 0 amide bonds. The van der Waals surface area contributed by atoms with Crippen LogP contribution in [0, 0.1) is 13.8 Å². The van der Waals surface area contributed by atoms with Crippen molar-refractivity contribution in [2.75, 3.05) is 6.54 Å². The molecule has 0 spiro atoms. The molecule has 3 N–H and O–H groups in total. The topological polar surface area (TPSA) is 68.2 Å². The second-order valence-corrected chi connectivity index (χ2v) is 4.71. The van der Waals surface area contributed by atoms with Gasteiger partial charge in [-0.2, -0.15) is 5.10 Å². The Labute approximate surface area is 125 Å². The average Bonchev–Trinajstić information content (AvgIpc) is 3.02. The van der Waals surface area contributed by atoms with Crippen LogP contribution in [0.4, 0.5) is 0 Å². The van der Waals surface area contributed by atoms with E-state index in [4.69, 9.17) is 5.73 Å². The van der Waals surface area contributed by atoms with Crippen LogP contribution in [-0.4, -0.2) is 28.3 Å². The molecule has 1 aromatic heterocycles. The van der Waals surface area contributed by atoms with Crippen LogP contribution < -0.4 is 11.1 Å². The summed E-state index contributed by atoms with van der Waals surface area (Å²) in [5, 5.41) is 7.57. The summed E-state index contributed by atoms with van der Waals surface area (Å²) in [6.07, 6.45) is 3.34. The predicted octanol–water partition coefficient (Wildman–Crippen LogP) is 1.26. The SMILES string of the molecule is Cc1nn(C)c(C)c1CCN=C(N)NC1CC1.I. The molecule has 1 aliphatic rings. The number of nitrogens with one attached hydrogen (secondary N) is 1. The van der Waals surface area contributed by atoms with Crippen molar-refractivity contribution in [3.8, 4) is 0 Å². The van der Waals surface area contributed by atoms with E-state index in [9.17, 15) is 0 Å². The lowest BCUT2D eigenvalue weighted by atomic mass is 10.1. The van der Waals surface area contributed by atoms with Crippen LogP contribution in [0.3, 0.4) is 0 Å². The zero-order chi connectivity index (χ0) is 12.4. The minimum atomic E-state index is 0. The molecular weight excluding hydrogens is 341 g/mol. The quantitative estimate of drug-likeness (QED) is 0.481. The number of nitrogens with zero attached hydrogens (tertiary/aromatic N) is 3. The third kappa shape index (κ3) is 3.86. The second kappa shape index (κ2) is 6.40. The summed E-state index contributed by atoms with van der Waals surface area (Å²) < 4.78 is 1.92. The molecule has 6 heteroatoms. The van der Waals surface area contributed by atoms with Crippen molar-refractivity contribution in [3.05, 3.63) is 17.0 Å². The maximum Gasteiger partial charge on any atom is 0.188 e. The first-order valence-corrected chi connectivity index (χ1v) is 6.13. The van der Waals surface area contributed by atoms with Gasteiger partial charge in [-0.1, -0.05) is 0 Å². The number of halogens is 1. The van der Waals surface area contributed by atoms with E-state index >= 15 is 0 Å². The van der Waals surface area contributed by atoms with Crippen LogP contribution in [0.25, 0.3) is 0 Å². The summed E-state index contributed by atoms with van der Waals surface area (Å²) in [7, 11) is 1.97. The Morgan fingerprint density at radius 3 is 2.67 bits per heavy atom. The highest BCUT2D eigenvalue weighted by molar-refractivity contribution is 14.0. The molecule has 0 radical (unpaired) electrons. The van der Waals surface area contributed by atoms with Gasteiger partial charge < -0.3 is 11.1 Å². The minimum Gasteiger partial charge on any atom is -0.370 e. The summed E-state index contributed by atoms with van der Waals surface area (Å²) in [5.41, 5.74) is 9.37. The molecule has 102 valence electrons. The van der Waals surface area contributed by atoms with Gasteiger partial charge in [0.25, 0.3) is 0 Å². The largest absolute Gasteiger partial charge is 0.370 e. The lowest BCUT2D eigenvalue weighted by molar-refractivity contribution is 0.730. The highest BCUT2D eigenvalue weighted by Crippen LogP contribution is 2.18. The van der Waals surface area contributed by atoms with Gasteiger partial charge in [0, 0.05) is 25.3 Å². The van der Waals surface area contributed by atoms with Crippen molar-refractivity contribution >= 4 is 29.9 Å². The van der Waals surface area contributed by atoms with Crippen molar-refractivity contribution in [1.29, 1.82) is 0 Å². The molecule has 5 nitrogen and oxygen atoms in total. The van der Waals surface area contributed by atoms with Gasteiger partial charge in [0.1, 0.15) is 0 Å². The Bertz CT molecular complexity index is 434. The van der Waals surface area contributed by atoms with E-state index < -0.39 is 0 Å². The second-order valence-electron chi connectivity index (χ2n) is 4.71. The molecule has 0 aromatic carbocycles. The molecule has 0 aliphatic heterocycles. The molecule has 0 bridgehead atoms.